The molecule has 0 bridgehead atoms. The summed E-state index contributed by atoms with van der Waals surface area (Å²) < 4.78 is 11.1. The highest BCUT2D eigenvalue weighted by atomic mass is 16.5. The van der Waals surface area contributed by atoms with Gasteiger partial charge in [-0.25, -0.2) is 0 Å². The van der Waals surface area contributed by atoms with Gasteiger partial charge in [0.05, 0.1) is 18.4 Å². The summed E-state index contributed by atoms with van der Waals surface area (Å²) in [5.41, 5.74) is 2.19. The van der Waals surface area contributed by atoms with Crippen molar-refractivity contribution >= 4 is 0 Å². The molecule has 120 valence electrons. The molecule has 1 aromatic rings. The van der Waals surface area contributed by atoms with Crippen LogP contribution in [0.4, 0.5) is 0 Å². The van der Waals surface area contributed by atoms with Gasteiger partial charge in [0.25, 0.3) is 0 Å². The molecule has 2 heterocycles. The van der Waals surface area contributed by atoms with Crippen LogP contribution >= 0.6 is 0 Å². The molecule has 0 spiro atoms. The number of hydrogen-bond donors (Lipinski definition) is 0. The van der Waals surface area contributed by atoms with E-state index < -0.39 is 0 Å². The zero-order valence-electron chi connectivity index (χ0n) is 14.1. The Hall–Kier alpha value is -0.910. The molecule has 0 saturated carbocycles. The number of likely N-dealkylation sites (N-methyl/N-ethyl adjacent to an activating group) is 1. The molecule has 21 heavy (non-hydrogen) atoms. The molecule has 5 heteroatoms. The van der Waals surface area contributed by atoms with Gasteiger partial charge in [-0.3, -0.25) is 9.80 Å². The lowest BCUT2D eigenvalue weighted by molar-refractivity contribution is -0.0441. The number of morpholine rings is 1. The SMILES string of the molecule is Cc1noc(C)c1CN(C)C[C@@H]1CN(CC(C)C)CCO1. The van der Waals surface area contributed by atoms with E-state index in [0.717, 1.165) is 50.8 Å². The van der Waals surface area contributed by atoms with Crippen LogP contribution in [0.3, 0.4) is 0 Å². The van der Waals surface area contributed by atoms with Crippen LogP contribution in [0.15, 0.2) is 4.52 Å². The summed E-state index contributed by atoms with van der Waals surface area (Å²) in [6.07, 6.45) is 0.294. The quantitative estimate of drug-likeness (QED) is 0.804. The first-order valence-electron chi connectivity index (χ1n) is 7.90. The Labute approximate surface area is 128 Å². The van der Waals surface area contributed by atoms with Crippen molar-refractivity contribution in [1.29, 1.82) is 0 Å². The van der Waals surface area contributed by atoms with Crippen molar-refractivity contribution in [2.75, 3.05) is 39.8 Å². The maximum absolute atomic E-state index is 5.92. The lowest BCUT2D eigenvalue weighted by Gasteiger charge is -2.35. The van der Waals surface area contributed by atoms with E-state index in [9.17, 15) is 0 Å². The van der Waals surface area contributed by atoms with Crippen LogP contribution in [-0.4, -0.2) is 60.9 Å². The molecule has 0 aliphatic carbocycles. The first kappa shape index (κ1) is 16.5. The number of ether oxygens (including phenoxy) is 1. The van der Waals surface area contributed by atoms with Crippen LogP contribution in [0, 0.1) is 19.8 Å². The second-order valence-corrected chi connectivity index (χ2v) is 6.65. The van der Waals surface area contributed by atoms with Crippen LogP contribution in [0.2, 0.25) is 0 Å². The molecule has 1 aliphatic rings. The standard InChI is InChI=1S/C16H29N3O2/c1-12(2)8-19-6-7-20-15(10-19)9-18(5)11-16-13(3)17-21-14(16)4/h12,15H,6-11H2,1-5H3/t15-/m1/s1. The van der Waals surface area contributed by atoms with Crippen LogP contribution in [0.25, 0.3) is 0 Å². The second kappa shape index (κ2) is 7.38. The van der Waals surface area contributed by atoms with Gasteiger partial charge in [0, 0.05) is 38.3 Å². The average Bonchev–Trinajstić information content (AvgIpc) is 2.70. The molecule has 2 rings (SSSR count). The van der Waals surface area contributed by atoms with Crippen LogP contribution < -0.4 is 0 Å². The van der Waals surface area contributed by atoms with E-state index in [1.807, 2.05) is 13.8 Å². The average molecular weight is 295 g/mol. The highest BCUT2D eigenvalue weighted by Crippen LogP contribution is 2.15. The highest BCUT2D eigenvalue weighted by molar-refractivity contribution is 5.20. The van der Waals surface area contributed by atoms with Gasteiger partial charge < -0.3 is 9.26 Å². The first-order chi connectivity index (χ1) is 9.95. The fourth-order valence-corrected chi connectivity index (χ4v) is 2.98. The summed E-state index contributed by atoms with van der Waals surface area (Å²) >= 11 is 0. The molecule has 1 saturated heterocycles. The minimum absolute atomic E-state index is 0.294. The Morgan fingerprint density at radius 2 is 2.14 bits per heavy atom. The van der Waals surface area contributed by atoms with Crippen LogP contribution in [0.5, 0.6) is 0 Å². The Bertz CT molecular complexity index is 425. The van der Waals surface area contributed by atoms with Crippen molar-refractivity contribution < 1.29 is 9.26 Å². The van der Waals surface area contributed by atoms with Gasteiger partial charge in [-0.1, -0.05) is 19.0 Å². The lowest BCUT2D eigenvalue weighted by atomic mass is 10.1. The van der Waals surface area contributed by atoms with Gasteiger partial charge in [-0.05, 0) is 26.8 Å². The summed E-state index contributed by atoms with van der Waals surface area (Å²) in [4.78, 5) is 4.82. The second-order valence-electron chi connectivity index (χ2n) is 6.65. The van der Waals surface area contributed by atoms with Gasteiger partial charge in [0.1, 0.15) is 5.76 Å². The topological polar surface area (TPSA) is 41.7 Å². The maximum atomic E-state index is 5.92. The molecular weight excluding hydrogens is 266 g/mol. The van der Waals surface area contributed by atoms with Gasteiger partial charge in [0.2, 0.25) is 0 Å². The van der Waals surface area contributed by atoms with E-state index >= 15 is 0 Å². The third-order valence-corrected chi connectivity index (χ3v) is 3.97. The monoisotopic (exact) mass is 295 g/mol. The third-order valence-electron chi connectivity index (χ3n) is 3.97. The molecule has 1 fully saturated rings. The molecular formula is C16H29N3O2. The van der Waals surface area contributed by atoms with Crippen LogP contribution in [-0.2, 0) is 11.3 Å². The van der Waals surface area contributed by atoms with Crippen molar-refractivity contribution in [3.63, 3.8) is 0 Å². The molecule has 0 N–H and O–H groups in total. The van der Waals surface area contributed by atoms with Gasteiger partial charge in [-0.15, -0.1) is 0 Å². The molecule has 0 radical (unpaired) electrons. The van der Waals surface area contributed by atoms with Crippen molar-refractivity contribution in [3.8, 4) is 0 Å². The van der Waals surface area contributed by atoms with Crippen molar-refractivity contribution in [1.82, 2.24) is 15.0 Å². The Morgan fingerprint density at radius 1 is 1.38 bits per heavy atom. The van der Waals surface area contributed by atoms with E-state index in [1.165, 1.54) is 5.56 Å². The highest BCUT2D eigenvalue weighted by Gasteiger charge is 2.22. The van der Waals surface area contributed by atoms with E-state index in [-0.39, 0.29) is 0 Å². The summed E-state index contributed by atoms with van der Waals surface area (Å²) in [6, 6.07) is 0. The maximum Gasteiger partial charge on any atom is 0.138 e. The summed E-state index contributed by atoms with van der Waals surface area (Å²) in [5, 5.41) is 4.02. The molecule has 5 nitrogen and oxygen atoms in total. The molecule has 0 aromatic carbocycles. The first-order valence-corrected chi connectivity index (χ1v) is 7.90. The van der Waals surface area contributed by atoms with E-state index in [4.69, 9.17) is 9.26 Å². The summed E-state index contributed by atoms with van der Waals surface area (Å²) in [7, 11) is 2.14. The van der Waals surface area contributed by atoms with E-state index in [1.54, 1.807) is 0 Å². The van der Waals surface area contributed by atoms with Crippen molar-refractivity contribution in [2.45, 2.75) is 40.3 Å². The minimum atomic E-state index is 0.294. The zero-order valence-corrected chi connectivity index (χ0v) is 14.1. The number of nitrogens with zero attached hydrogens (tertiary/aromatic N) is 3. The molecule has 0 unspecified atom stereocenters. The van der Waals surface area contributed by atoms with Gasteiger partial charge in [-0.2, -0.15) is 0 Å². The third kappa shape index (κ3) is 4.80. The largest absolute Gasteiger partial charge is 0.374 e. The fourth-order valence-electron chi connectivity index (χ4n) is 2.98. The zero-order chi connectivity index (χ0) is 15.4. The summed E-state index contributed by atoms with van der Waals surface area (Å²) in [5.74, 6) is 1.63. The van der Waals surface area contributed by atoms with E-state index in [0.29, 0.717) is 12.0 Å². The predicted molar refractivity (Wildman–Crippen MR) is 83.3 cm³/mol. The fraction of sp³-hybridized carbons (Fsp3) is 0.812. The Morgan fingerprint density at radius 3 is 2.76 bits per heavy atom. The predicted octanol–water partition coefficient (Wildman–Crippen LogP) is 2.08. The van der Waals surface area contributed by atoms with E-state index in [2.05, 4.69) is 35.9 Å². The van der Waals surface area contributed by atoms with Crippen molar-refractivity contribution in [3.05, 3.63) is 17.0 Å². The minimum Gasteiger partial charge on any atom is -0.374 e. The van der Waals surface area contributed by atoms with Crippen molar-refractivity contribution in [2.24, 2.45) is 5.92 Å². The molecule has 1 aromatic heterocycles. The molecule has 1 aliphatic heterocycles. The normalized spacial score (nSPS) is 20.6. The summed E-state index contributed by atoms with van der Waals surface area (Å²) in [6.45, 7) is 14.4. The number of aryl methyl sites for hydroxylation is 2. The van der Waals surface area contributed by atoms with Gasteiger partial charge >= 0.3 is 0 Å². The Kier molecular flexibility index (Phi) is 5.79. The smallest absolute Gasteiger partial charge is 0.138 e. The lowest BCUT2D eigenvalue weighted by Crippen LogP contribution is -2.47. The van der Waals surface area contributed by atoms with Crippen LogP contribution in [0.1, 0.15) is 30.9 Å². The van der Waals surface area contributed by atoms with Gasteiger partial charge in [0.15, 0.2) is 0 Å². The Balaban J connectivity index is 1.83. The molecule has 1 atom stereocenters. The number of aromatic nitrogens is 1. The number of rotatable bonds is 6. The molecule has 0 amide bonds. The number of hydrogen-bond acceptors (Lipinski definition) is 5.